The Balaban J connectivity index is 1.93. The summed E-state index contributed by atoms with van der Waals surface area (Å²) in [6.07, 6.45) is 0.741. The fourth-order valence-corrected chi connectivity index (χ4v) is 3.96. The molecule has 1 aliphatic rings. The van der Waals surface area contributed by atoms with Gasteiger partial charge < -0.3 is 4.74 Å². The summed E-state index contributed by atoms with van der Waals surface area (Å²) in [6, 6.07) is 15.6. The smallest absolute Gasteiger partial charge is 0.338 e. The van der Waals surface area contributed by atoms with Crippen molar-refractivity contribution in [2.45, 2.75) is 32.4 Å². The van der Waals surface area contributed by atoms with Crippen LogP contribution in [-0.2, 0) is 14.3 Å². The van der Waals surface area contributed by atoms with Gasteiger partial charge in [0, 0.05) is 5.25 Å². The van der Waals surface area contributed by atoms with Crippen molar-refractivity contribution in [3.63, 3.8) is 0 Å². The zero-order chi connectivity index (χ0) is 21.0. The van der Waals surface area contributed by atoms with Crippen LogP contribution in [0.3, 0.4) is 0 Å². The maximum Gasteiger partial charge on any atom is 0.338 e. The van der Waals surface area contributed by atoms with Crippen LogP contribution < -0.4 is 4.90 Å². The fourth-order valence-electron chi connectivity index (χ4n) is 2.97. The second kappa shape index (κ2) is 9.09. The van der Waals surface area contributed by atoms with Gasteiger partial charge in [-0.1, -0.05) is 51.1 Å². The molecule has 0 saturated carbocycles. The predicted molar refractivity (Wildman–Crippen MR) is 116 cm³/mol. The molecule has 0 saturated heterocycles. The number of carbonyl (C=O) groups is 3. The average Bonchev–Trinajstić information content (AvgIpc) is 2.96. The van der Waals surface area contributed by atoms with E-state index in [9.17, 15) is 14.4 Å². The van der Waals surface area contributed by atoms with E-state index in [1.165, 1.54) is 16.7 Å². The third-order valence-corrected chi connectivity index (χ3v) is 5.34. The van der Waals surface area contributed by atoms with Gasteiger partial charge in [0.2, 0.25) is 0 Å². The molecule has 1 heterocycles. The number of anilines is 1. The quantitative estimate of drug-likeness (QED) is 0.491. The normalized spacial score (nSPS) is 14.1. The number of amides is 2. The second-order valence-electron chi connectivity index (χ2n) is 6.87. The van der Waals surface area contributed by atoms with Crippen LogP contribution in [0.5, 0.6) is 0 Å². The lowest BCUT2D eigenvalue weighted by molar-refractivity contribution is -0.119. The molecule has 0 radical (unpaired) electrons. The summed E-state index contributed by atoms with van der Waals surface area (Å²) in [5.74, 6) is -1.11. The molecule has 0 N–H and O–H groups in total. The molecule has 29 heavy (non-hydrogen) atoms. The largest absolute Gasteiger partial charge is 0.462 e. The van der Waals surface area contributed by atoms with Crippen molar-refractivity contribution in [2.24, 2.45) is 0 Å². The molecule has 3 rings (SSSR count). The molecule has 0 unspecified atom stereocenters. The molecule has 0 aromatic heterocycles. The van der Waals surface area contributed by atoms with E-state index in [0.29, 0.717) is 28.3 Å². The summed E-state index contributed by atoms with van der Waals surface area (Å²) in [4.78, 5) is 40.0. The Hall–Kier alpha value is -2.86. The van der Waals surface area contributed by atoms with Gasteiger partial charge in [0.05, 0.1) is 28.3 Å². The first-order valence-corrected chi connectivity index (χ1v) is 10.4. The van der Waals surface area contributed by atoms with E-state index < -0.39 is 5.97 Å². The minimum absolute atomic E-state index is 0.149. The number of esters is 1. The molecule has 0 aliphatic carbocycles. The van der Waals surface area contributed by atoms with Gasteiger partial charge >= 0.3 is 5.97 Å². The molecule has 0 spiro atoms. The van der Waals surface area contributed by atoms with Crippen molar-refractivity contribution in [1.29, 1.82) is 0 Å². The van der Waals surface area contributed by atoms with E-state index >= 15 is 0 Å². The summed E-state index contributed by atoms with van der Waals surface area (Å²) in [6.45, 7) is 6.24. The van der Waals surface area contributed by atoms with Crippen molar-refractivity contribution >= 4 is 40.8 Å². The third-order valence-electron chi connectivity index (χ3n) is 4.26. The van der Waals surface area contributed by atoms with Gasteiger partial charge in [-0.15, -0.1) is 11.8 Å². The van der Waals surface area contributed by atoms with Gasteiger partial charge in [0.25, 0.3) is 11.8 Å². The Morgan fingerprint density at radius 2 is 1.66 bits per heavy atom. The van der Waals surface area contributed by atoms with Crippen molar-refractivity contribution in [2.75, 3.05) is 11.5 Å². The summed E-state index contributed by atoms with van der Waals surface area (Å²) in [5.41, 5.74) is 1.95. The summed E-state index contributed by atoms with van der Waals surface area (Å²) >= 11 is 1.39. The third kappa shape index (κ3) is 4.43. The summed E-state index contributed by atoms with van der Waals surface area (Å²) in [5, 5.41) is 0.149. The zero-order valence-electron chi connectivity index (χ0n) is 16.7. The predicted octanol–water partition coefficient (Wildman–Crippen LogP) is 4.68. The first-order chi connectivity index (χ1) is 13.9. The van der Waals surface area contributed by atoms with Crippen LogP contribution in [-0.4, -0.2) is 29.6 Å². The van der Waals surface area contributed by atoms with Gasteiger partial charge in [-0.05, 0) is 36.2 Å². The molecule has 2 aromatic rings. The molecule has 6 heteroatoms. The highest BCUT2D eigenvalue weighted by Crippen LogP contribution is 2.39. The molecular formula is C23H23NO4S. The Labute approximate surface area is 174 Å². The van der Waals surface area contributed by atoms with E-state index in [-0.39, 0.29) is 17.1 Å². The van der Waals surface area contributed by atoms with Gasteiger partial charge in [0.1, 0.15) is 0 Å². The van der Waals surface area contributed by atoms with Crippen molar-refractivity contribution in [1.82, 2.24) is 0 Å². The van der Waals surface area contributed by atoms with Gasteiger partial charge in [-0.3, -0.25) is 9.59 Å². The number of nitrogens with zero attached hydrogens (tertiary/aromatic N) is 1. The number of hydrogen-bond acceptors (Lipinski definition) is 5. The lowest BCUT2D eigenvalue weighted by Crippen LogP contribution is -2.31. The number of rotatable bonds is 7. The van der Waals surface area contributed by atoms with Crippen LogP contribution in [0.4, 0.5) is 5.69 Å². The Bertz CT molecular complexity index is 949. The monoisotopic (exact) mass is 409 g/mol. The van der Waals surface area contributed by atoms with Crippen LogP contribution in [0.25, 0.3) is 5.57 Å². The molecule has 2 amide bonds. The SMILES string of the molecule is CCCOC(=O)c1ccc(N2C(=O)C(SC(C)C)=C(c3ccccc3)C2=O)cc1. The summed E-state index contributed by atoms with van der Waals surface area (Å²) < 4.78 is 5.12. The number of carbonyl (C=O) groups excluding carboxylic acids is 3. The highest BCUT2D eigenvalue weighted by molar-refractivity contribution is 8.04. The highest BCUT2D eigenvalue weighted by Gasteiger charge is 2.40. The number of hydrogen-bond donors (Lipinski definition) is 0. The van der Waals surface area contributed by atoms with Crippen molar-refractivity contribution in [3.05, 3.63) is 70.6 Å². The number of thioether (sulfide) groups is 1. The Morgan fingerprint density at radius 1 is 1.00 bits per heavy atom. The van der Waals surface area contributed by atoms with E-state index in [1.54, 1.807) is 24.3 Å². The van der Waals surface area contributed by atoms with Crippen molar-refractivity contribution in [3.8, 4) is 0 Å². The molecule has 5 nitrogen and oxygen atoms in total. The molecule has 1 aliphatic heterocycles. The lowest BCUT2D eigenvalue weighted by Gasteiger charge is -2.16. The van der Waals surface area contributed by atoms with Crippen LogP contribution in [0.2, 0.25) is 0 Å². The average molecular weight is 410 g/mol. The number of benzene rings is 2. The summed E-state index contributed by atoms with van der Waals surface area (Å²) in [7, 11) is 0. The van der Waals surface area contributed by atoms with Crippen LogP contribution >= 0.6 is 11.8 Å². The maximum absolute atomic E-state index is 13.2. The maximum atomic E-state index is 13.2. The van der Waals surface area contributed by atoms with E-state index in [4.69, 9.17) is 4.74 Å². The first-order valence-electron chi connectivity index (χ1n) is 9.56. The molecule has 0 fully saturated rings. The molecule has 0 bridgehead atoms. The first kappa shape index (κ1) is 20.9. The highest BCUT2D eigenvalue weighted by atomic mass is 32.2. The second-order valence-corrected chi connectivity index (χ2v) is 8.45. The molecular weight excluding hydrogens is 386 g/mol. The van der Waals surface area contributed by atoms with Crippen LogP contribution in [0, 0.1) is 0 Å². The van der Waals surface area contributed by atoms with Gasteiger partial charge in [0.15, 0.2) is 0 Å². The number of imide groups is 1. The zero-order valence-corrected chi connectivity index (χ0v) is 17.5. The molecule has 150 valence electrons. The minimum Gasteiger partial charge on any atom is -0.462 e. The van der Waals surface area contributed by atoms with E-state index in [1.807, 2.05) is 51.1 Å². The standard InChI is InChI=1S/C23H23NO4S/c1-4-14-28-23(27)17-10-12-18(13-11-17)24-21(25)19(16-8-6-5-7-9-16)20(22(24)26)29-15(2)3/h5-13,15H,4,14H2,1-3H3. The molecule has 2 aromatic carbocycles. The Morgan fingerprint density at radius 3 is 2.24 bits per heavy atom. The Kier molecular flexibility index (Phi) is 6.54. The van der Waals surface area contributed by atoms with E-state index in [2.05, 4.69) is 0 Å². The van der Waals surface area contributed by atoms with Crippen molar-refractivity contribution < 1.29 is 19.1 Å². The molecule has 0 atom stereocenters. The topological polar surface area (TPSA) is 63.7 Å². The van der Waals surface area contributed by atoms with E-state index in [0.717, 1.165) is 12.0 Å². The van der Waals surface area contributed by atoms with Crippen LogP contribution in [0.15, 0.2) is 59.5 Å². The van der Waals surface area contributed by atoms with Gasteiger partial charge in [-0.25, -0.2) is 9.69 Å². The number of ether oxygens (including phenoxy) is 1. The lowest BCUT2D eigenvalue weighted by atomic mass is 10.1. The van der Waals surface area contributed by atoms with Crippen LogP contribution in [0.1, 0.15) is 43.1 Å². The van der Waals surface area contributed by atoms with Gasteiger partial charge in [-0.2, -0.15) is 0 Å². The minimum atomic E-state index is -0.420. The fraction of sp³-hybridized carbons (Fsp3) is 0.261.